The zero-order valence-corrected chi connectivity index (χ0v) is 12.2. The van der Waals surface area contributed by atoms with Gasteiger partial charge >= 0.3 is 0 Å². The molecule has 0 aromatic carbocycles. The van der Waals surface area contributed by atoms with Crippen molar-refractivity contribution in [1.29, 1.82) is 0 Å². The van der Waals surface area contributed by atoms with Crippen molar-refractivity contribution >= 4 is 0 Å². The summed E-state index contributed by atoms with van der Waals surface area (Å²) in [6.07, 6.45) is 5.98. The Morgan fingerprint density at radius 1 is 1.33 bits per heavy atom. The highest BCUT2D eigenvalue weighted by molar-refractivity contribution is 5.09. The van der Waals surface area contributed by atoms with Gasteiger partial charge in [-0.15, -0.1) is 0 Å². The highest BCUT2D eigenvalue weighted by atomic mass is 15.3. The lowest BCUT2D eigenvalue weighted by molar-refractivity contribution is 0.173. The largest absolute Gasteiger partial charge is 0.309 e. The van der Waals surface area contributed by atoms with Crippen molar-refractivity contribution in [3.05, 3.63) is 18.0 Å². The van der Waals surface area contributed by atoms with Gasteiger partial charge < -0.3 is 5.32 Å². The van der Waals surface area contributed by atoms with E-state index >= 15 is 0 Å². The van der Waals surface area contributed by atoms with E-state index in [1.54, 1.807) is 0 Å². The average Bonchev–Trinajstić information content (AvgIpc) is 2.71. The van der Waals surface area contributed by atoms with Crippen LogP contribution in [0.15, 0.2) is 12.3 Å². The summed E-state index contributed by atoms with van der Waals surface area (Å²) < 4.78 is 2.03. The summed E-state index contributed by atoms with van der Waals surface area (Å²) in [5.41, 5.74) is 1.34. The quantitative estimate of drug-likeness (QED) is 0.888. The third-order valence-corrected chi connectivity index (χ3v) is 4.29. The van der Waals surface area contributed by atoms with Crippen LogP contribution in [0.2, 0.25) is 0 Å². The Balaban J connectivity index is 2.17. The van der Waals surface area contributed by atoms with Crippen molar-refractivity contribution in [2.24, 2.45) is 24.8 Å². The molecule has 0 bridgehead atoms. The lowest BCUT2D eigenvalue weighted by Gasteiger charge is -2.37. The summed E-state index contributed by atoms with van der Waals surface area (Å²) in [5, 5.41) is 8.01. The molecule has 1 saturated carbocycles. The molecule has 2 rings (SSSR count). The minimum Gasteiger partial charge on any atom is -0.309 e. The molecule has 0 aliphatic heterocycles. The van der Waals surface area contributed by atoms with Crippen LogP contribution in [0.25, 0.3) is 0 Å². The van der Waals surface area contributed by atoms with Gasteiger partial charge in [-0.25, -0.2) is 0 Å². The summed E-state index contributed by atoms with van der Waals surface area (Å²) in [7, 11) is 2.05. The first kappa shape index (κ1) is 13.6. The smallest absolute Gasteiger partial charge is 0.0553 e. The lowest BCUT2D eigenvalue weighted by atomic mass is 9.73. The molecule has 102 valence electrons. The van der Waals surface area contributed by atoms with Gasteiger partial charge in [0, 0.05) is 13.2 Å². The van der Waals surface area contributed by atoms with Crippen LogP contribution >= 0.6 is 0 Å². The van der Waals surface area contributed by atoms with Gasteiger partial charge in [0.1, 0.15) is 0 Å². The van der Waals surface area contributed by atoms with Crippen LogP contribution in [-0.4, -0.2) is 16.3 Å². The molecule has 0 amide bonds. The molecule has 3 heteroatoms. The van der Waals surface area contributed by atoms with Crippen LogP contribution in [0.4, 0.5) is 0 Å². The maximum Gasteiger partial charge on any atom is 0.0553 e. The molecule has 1 aliphatic rings. The first-order chi connectivity index (χ1) is 8.61. The molecule has 1 aromatic heterocycles. The van der Waals surface area contributed by atoms with E-state index in [1.165, 1.54) is 25.0 Å². The third-order valence-electron chi connectivity index (χ3n) is 4.29. The third kappa shape index (κ3) is 2.94. The summed E-state index contributed by atoms with van der Waals surface area (Å²) in [6.45, 7) is 8.01. The van der Waals surface area contributed by atoms with Crippen molar-refractivity contribution in [3.63, 3.8) is 0 Å². The van der Waals surface area contributed by atoms with Gasteiger partial charge in [-0.2, -0.15) is 5.10 Å². The zero-order valence-electron chi connectivity index (χ0n) is 12.2. The molecule has 1 aliphatic carbocycles. The molecular formula is C15H27N3. The van der Waals surface area contributed by atoms with Crippen LogP contribution in [0.1, 0.15) is 51.8 Å². The highest BCUT2D eigenvalue weighted by Crippen LogP contribution is 2.39. The minimum absolute atomic E-state index is 0.465. The van der Waals surface area contributed by atoms with E-state index in [1.807, 2.05) is 10.9 Å². The van der Waals surface area contributed by atoms with Gasteiger partial charge in [0.2, 0.25) is 0 Å². The Bertz CT molecular complexity index is 362. The standard InChI is InChI=1S/C15H27N3/c1-5-16-15(14-6-7-17-18(14)4)13-9-11(2)8-12(3)10-13/h6-7,11-13,15-16H,5,8-10H2,1-4H3. The maximum atomic E-state index is 4.33. The van der Waals surface area contributed by atoms with Crippen molar-refractivity contribution in [3.8, 4) is 0 Å². The minimum atomic E-state index is 0.465. The van der Waals surface area contributed by atoms with Gasteiger partial charge in [-0.05, 0) is 49.6 Å². The molecule has 3 atom stereocenters. The van der Waals surface area contributed by atoms with E-state index in [4.69, 9.17) is 0 Å². The molecule has 1 aromatic rings. The molecule has 1 heterocycles. The van der Waals surface area contributed by atoms with Crippen molar-refractivity contribution in [2.45, 2.75) is 46.1 Å². The van der Waals surface area contributed by atoms with Crippen LogP contribution in [-0.2, 0) is 7.05 Å². The number of aryl methyl sites for hydroxylation is 1. The van der Waals surface area contributed by atoms with Crippen molar-refractivity contribution < 1.29 is 0 Å². The molecule has 3 nitrogen and oxygen atoms in total. The van der Waals surface area contributed by atoms with Crippen LogP contribution in [0.5, 0.6) is 0 Å². The van der Waals surface area contributed by atoms with E-state index in [9.17, 15) is 0 Å². The number of nitrogens with zero attached hydrogens (tertiary/aromatic N) is 2. The first-order valence-electron chi connectivity index (χ1n) is 7.33. The first-order valence-corrected chi connectivity index (χ1v) is 7.33. The topological polar surface area (TPSA) is 29.9 Å². The highest BCUT2D eigenvalue weighted by Gasteiger charge is 2.31. The molecule has 18 heavy (non-hydrogen) atoms. The predicted molar refractivity (Wildman–Crippen MR) is 75.3 cm³/mol. The number of rotatable bonds is 4. The van der Waals surface area contributed by atoms with E-state index in [-0.39, 0.29) is 0 Å². The maximum absolute atomic E-state index is 4.33. The van der Waals surface area contributed by atoms with Crippen molar-refractivity contribution in [2.75, 3.05) is 6.54 Å². The van der Waals surface area contributed by atoms with Crippen molar-refractivity contribution in [1.82, 2.24) is 15.1 Å². The van der Waals surface area contributed by atoms with E-state index in [0.717, 1.165) is 24.3 Å². The summed E-state index contributed by atoms with van der Waals surface area (Å²) in [5.74, 6) is 2.46. The summed E-state index contributed by atoms with van der Waals surface area (Å²) in [6, 6.07) is 2.63. The molecule has 3 unspecified atom stereocenters. The number of aromatic nitrogens is 2. The average molecular weight is 249 g/mol. The SMILES string of the molecule is CCNC(c1ccnn1C)C1CC(C)CC(C)C1. The van der Waals surface area contributed by atoms with E-state index in [2.05, 4.69) is 44.3 Å². The fourth-order valence-electron chi connectivity index (χ4n) is 3.70. The van der Waals surface area contributed by atoms with E-state index in [0.29, 0.717) is 6.04 Å². The second kappa shape index (κ2) is 5.87. The molecule has 0 spiro atoms. The molecule has 0 radical (unpaired) electrons. The molecule has 1 fully saturated rings. The fourth-order valence-corrected chi connectivity index (χ4v) is 3.70. The fraction of sp³-hybridized carbons (Fsp3) is 0.800. The molecule has 1 N–H and O–H groups in total. The van der Waals surface area contributed by atoms with Crippen LogP contribution in [0, 0.1) is 17.8 Å². The number of hydrogen-bond donors (Lipinski definition) is 1. The second-order valence-corrected chi connectivity index (χ2v) is 6.09. The monoisotopic (exact) mass is 249 g/mol. The van der Waals surface area contributed by atoms with Gasteiger partial charge in [0.25, 0.3) is 0 Å². The normalized spacial score (nSPS) is 30.3. The Hall–Kier alpha value is -0.830. The predicted octanol–water partition coefficient (Wildman–Crippen LogP) is 3.14. The van der Waals surface area contributed by atoms with Crippen LogP contribution in [0.3, 0.4) is 0 Å². The Morgan fingerprint density at radius 2 is 2.00 bits per heavy atom. The Labute approximate surface area is 111 Å². The summed E-state index contributed by atoms with van der Waals surface area (Å²) >= 11 is 0. The van der Waals surface area contributed by atoms with E-state index < -0.39 is 0 Å². The Morgan fingerprint density at radius 3 is 2.50 bits per heavy atom. The molecular weight excluding hydrogens is 222 g/mol. The van der Waals surface area contributed by atoms with Gasteiger partial charge in [-0.1, -0.05) is 20.8 Å². The molecule has 0 saturated heterocycles. The number of hydrogen-bond acceptors (Lipinski definition) is 2. The lowest BCUT2D eigenvalue weighted by Crippen LogP contribution is -2.34. The van der Waals surface area contributed by atoms with Gasteiger partial charge in [0.15, 0.2) is 0 Å². The van der Waals surface area contributed by atoms with Gasteiger partial charge in [-0.3, -0.25) is 4.68 Å². The zero-order chi connectivity index (χ0) is 13.1. The summed E-state index contributed by atoms with van der Waals surface area (Å²) in [4.78, 5) is 0. The van der Waals surface area contributed by atoms with Crippen LogP contribution < -0.4 is 5.32 Å². The Kier molecular flexibility index (Phi) is 4.44. The van der Waals surface area contributed by atoms with Gasteiger partial charge in [0.05, 0.1) is 11.7 Å². The number of nitrogens with one attached hydrogen (secondary N) is 1. The second-order valence-electron chi connectivity index (χ2n) is 6.09.